The normalized spacial score (nSPS) is 12.9. The zero-order chi connectivity index (χ0) is 24.9. The zero-order valence-electron chi connectivity index (χ0n) is 18.8. The fourth-order valence-electron chi connectivity index (χ4n) is 4.10. The van der Waals surface area contributed by atoms with Gasteiger partial charge in [-0.15, -0.1) is 0 Å². The number of carbonyl (C=O) groups excluding carboxylic acids is 2. The molecule has 0 fully saturated rings. The highest BCUT2D eigenvalue weighted by Crippen LogP contribution is 2.44. The number of benzene rings is 3. The van der Waals surface area contributed by atoms with E-state index < -0.39 is 24.0 Å². The summed E-state index contributed by atoms with van der Waals surface area (Å²) in [6, 6.07) is 18.8. The molecule has 0 unspecified atom stereocenters. The van der Waals surface area contributed by atoms with Crippen LogP contribution in [0.1, 0.15) is 27.4 Å². The molecule has 1 atom stereocenters. The van der Waals surface area contributed by atoms with Crippen molar-refractivity contribution in [2.24, 2.45) is 0 Å². The number of hydrogen-bond acceptors (Lipinski definition) is 5. The lowest BCUT2D eigenvalue weighted by molar-refractivity contribution is -0.119. The SMILES string of the molecule is COC[C@H](NC(=O)OCC1c2ccccc2-c2ccccc21)C(=O)Nc1ccc(C(=O)O)cc1Cl. The molecule has 0 aliphatic heterocycles. The molecule has 0 saturated heterocycles. The molecule has 0 bridgehead atoms. The lowest BCUT2D eigenvalue weighted by Crippen LogP contribution is -2.47. The van der Waals surface area contributed by atoms with Gasteiger partial charge in [-0.05, 0) is 40.5 Å². The second kappa shape index (κ2) is 10.6. The molecule has 180 valence electrons. The number of ether oxygens (including phenoxy) is 2. The molecule has 1 aliphatic carbocycles. The Morgan fingerprint density at radius 3 is 2.20 bits per heavy atom. The highest BCUT2D eigenvalue weighted by Gasteiger charge is 2.30. The van der Waals surface area contributed by atoms with Crippen molar-refractivity contribution >= 4 is 35.3 Å². The average molecular weight is 495 g/mol. The molecule has 0 spiro atoms. The topological polar surface area (TPSA) is 114 Å². The Labute approximate surface area is 206 Å². The van der Waals surface area contributed by atoms with Gasteiger partial charge in [0.1, 0.15) is 12.6 Å². The molecule has 8 nitrogen and oxygen atoms in total. The number of aromatic carboxylic acids is 1. The highest BCUT2D eigenvalue weighted by molar-refractivity contribution is 6.34. The second-order valence-corrected chi connectivity index (χ2v) is 8.37. The first kappa shape index (κ1) is 24.3. The largest absolute Gasteiger partial charge is 0.478 e. The molecular formula is C26H23ClN2O6. The van der Waals surface area contributed by atoms with Crippen molar-refractivity contribution in [2.75, 3.05) is 25.6 Å². The van der Waals surface area contributed by atoms with E-state index in [4.69, 9.17) is 26.2 Å². The minimum Gasteiger partial charge on any atom is -0.478 e. The summed E-state index contributed by atoms with van der Waals surface area (Å²) in [5.41, 5.74) is 4.56. The van der Waals surface area contributed by atoms with E-state index in [1.165, 1.54) is 25.3 Å². The number of methoxy groups -OCH3 is 1. The van der Waals surface area contributed by atoms with E-state index in [0.717, 1.165) is 22.3 Å². The Balaban J connectivity index is 1.41. The summed E-state index contributed by atoms with van der Waals surface area (Å²) in [5.74, 6) is -1.85. The number of carboxylic acids is 1. The third-order valence-electron chi connectivity index (χ3n) is 5.76. The summed E-state index contributed by atoms with van der Waals surface area (Å²) in [5, 5.41) is 14.2. The fraction of sp³-hybridized carbons (Fsp3) is 0.192. The number of anilines is 1. The number of hydrogen-bond donors (Lipinski definition) is 3. The smallest absolute Gasteiger partial charge is 0.407 e. The number of fused-ring (bicyclic) bond motifs is 3. The minimum absolute atomic E-state index is 0.0156. The van der Waals surface area contributed by atoms with Gasteiger partial charge in [0.05, 0.1) is 22.9 Å². The molecule has 0 aromatic heterocycles. The molecule has 1 aliphatic rings. The molecule has 9 heteroatoms. The third kappa shape index (κ3) is 5.29. The van der Waals surface area contributed by atoms with E-state index >= 15 is 0 Å². The van der Waals surface area contributed by atoms with Gasteiger partial charge in [0, 0.05) is 13.0 Å². The van der Waals surface area contributed by atoms with Crippen molar-refractivity contribution in [3.63, 3.8) is 0 Å². The van der Waals surface area contributed by atoms with E-state index in [0.29, 0.717) is 0 Å². The maximum Gasteiger partial charge on any atom is 0.407 e. The molecule has 0 heterocycles. The van der Waals surface area contributed by atoms with Crippen molar-refractivity contribution in [1.29, 1.82) is 0 Å². The predicted molar refractivity (Wildman–Crippen MR) is 131 cm³/mol. The number of amides is 2. The van der Waals surface area contributed by atoms with Crippen molar-refractivity contribution in [1.82, 2.24) is 5.32 Å². The van der Waals surface area contributed by atoms with E-state index in [9.17, 15) is 14.4 Å². The summed E-state index contributed by atoms with van der Waals surface area (Å²) in [6.45, 7) is -0.00941. The maximum atomic E-state index is 12.8. The van der Waals surface area contributed by atoms with Gasteiger partial charge in [-0.2, -0.15) is 0 Å². The summed E-state index contributed by atoms with van der Waals surface area (Å²) >= 11 is 6.09. The highest BCUT2D eigenvalue weighted by atomic mass is 35.5. The van der Waals surface area contributed by atoms with Crippen molar-refractivity contribution < 1.29 is 29.0 Å². The Morgan fingerprint density at radius 1 is 1.00 bits per heavy atom. The van der Waals surface area contributed by atoms with Crippen LogP contribution < -0.4 is 10.6 Å². The lowest BCUT2D eigenvalue weighted by Gasteiger charge is -2.19. The number of halogens is 1. The van der Waals surface area contributed by atoms with E-state index in [-0.39, 0.29) is 35.4 Å². The van der Waals surface area contributed by atoms with Crippen LogP contribution in [0.4, 0.5) is 10.5 Å². The summed E-state index contributed by atoms with van der Waals surface area (Å²) in [6.07, 6.45) is -0.767. The molecule has 2 amide bonds. The molecule has 3 N–H and O–H groups in total. The van der Waals surface area contributed by atoms with Crippen LogP contribution in [0.15, 0.2) is 66.7 Å². The first-order valence-electron chi connectivity index (χ1n) is 10.8. The van der Waals surface area contributed by atoms with Gasteiger partial charge in [0.2, 0.25) is 5.91 Å². The zero-order valence-corrected chi connectivity index (χ0v) is 19.5. The summed E-state index contributed by atoms with van der Waals surface area (Å²) in [7, 11) is 1.40. The van der Waals surface area contributed by atoms with E-state index in [2.05, 4.69) is 10.6 Å². The fourth-order valence-corrected chi connectivity index (χ4v) is 4.33. The molecular weight excluding hydrogens is 472 g/mol. The van der Waals surface area contributed by atoms with Crippen LogP contribution in [-0.4, -0.2) is 49.4 Å². The Morgan fingerprint density at radius 2 is 1.63 bits per heavy atom. The Kier molecular flexibility index (Phi) is 7.33. The summed E-state index contributed by atoms with van der Waals surface area (Å²) in [4.78, 5) is 36.4. The first-order chi connectivity index (χ1) is 16.9. The van der Waals surface area contributed by atoms with Gasteiger partial charge in [0.25, 0.3) is 0 Å². The van der Waals surface area contributed by atoms with Crippen LogP contribution in [0.3, 0.4) is 0 Å². The van der Waals surface area contributed by atoms with E-state index in [1.807, 2.05) is 48.5 Å². The van der Waals surface area contributed by atoms with Crippen LogP contribution in [0.25, 0.3) is 11.1 Å². The predicted octanol–water partition coefficient (Wildman–Crippen LogP) is 4.53. The molecule has 3 aromatic rings. The van der Waals surface area contributed by atoms with Crippen LogP contribution in [0.2, 0.25) is 5.02 Å². The monoisotopic (exact) mass is 494 g/mol. The Bertz CT molecular complexity index is 1230. The van der Waals surface area contributed by atoms with Gasteiger partial charge >= 0.3 is 12.1 Å². The Hall–Kier alpha value is -3.88. The molecule has 0 saturated carbocycles. The molecule has 3 aromatic carbocycles. The number of rotatable bonds is 8. The molecule has 0 radical (unpaired) electrons. The van der Waals surface area contributed by atoms with Crippen molar-refractivity contribution in [3.05, 3.63) is 88.4 Å². The lowest BCUT2D eigenvalue weighted by atomic mass is 9.98. The van der Waals surface area contributed by atoms with Crippen molar-refractivity contribution in [2.45, 2.75) is 12.0 Å². The van der Waals surface area contributed by atoms with Gasteiger partial charge < -0.3 is 25.2 Å². The van der Waals surface area contributed by atoms with Gasteiger partial charge in [-0.1, -0.05) is 60.1 Å². The minimum atomic E-state index is -1.14. The van der Waals surface area contributed by atoms with E-state index in [1.54, 1.807) is 0 Å². The van der Waals surface area contributed by atoms with Gasteiger partial charge in [0.15, 0.2) is 0 Å². The van der Waals surface area contributed by atoms with Gasteiger partial charge in [-0.25, -0.2) is 9.59 Å². The number of nitrogens with one attached hydrogen (secondary N) is 2. The molecule has 4 rings (SSSR count). The number of carboxylic acid groups (broad SMARTS) is 1. The average Bonchev–Trinajstić information content (AvgIpc) is 3.17. The van der Waals surface area contributed by atoms with Gasteiger partial charge in [-0.3, -0.25) is 4.79 Å². The van der Waals surface area contributed by atoms with Crippen LogP contribution >= 0.6 is 11.6 Å². The first-order valence-corrected chi connectivity index (χ1v) is 11.2. The standard InChI is InChI=1S/C26H23ClN2O6/c1-34-14-23(24(30)28-22-11-10-15(25(31)32)12-21(22)27)29-26(33)35-13-20-18-8-4-2-6-16(18)17-7-3-5-9-19(17)20/h2-12,20,23H,13-14H2,1H3,(H,28,30)(H,29,33)(H,31,32)/t23-/m0/s1. The maximum absolute atomic E-state index is 12.8. The van der Waals surface area contributed by atoms with Crippen LogP contribution in [0.5, 0.6) is 0 Å². The quantitative estimate of drug-likeness (QED) is 0.424. The summed E-state index contributed by atoms with van der Waals surface area (Å²) < 4.78 is 10.6. The van der Waals surface area contributed by atoms with Crippen molar-refractivity contribution in [3.8, 4) is 11.1 Å². The third-order valence-corrected chi connectivity index (χ3v) is 6.07. The van der Waals surface area contributed by atoms with Crippen LogP contribution in [0, 0.1) is 0 Å². The number of carbonyl (C=O) groups is 3. The second-order valence-electron chi connectivity index (χ2n) is 7.97. The number of alkyl carbamates (subject to hydrolysis) is 1. The molecule has 35 heavy (non-hydrogen) atoms. The van der Waals surface area contributed by atoms with Crippen LogP contribution in [-0.2, 0) is 14.3 Å².